The van der Waals surface area contributed by atoms with E-state index >= 15 is 0 Å². The fourth-order valence-electron chi connectivity index (χ4n) is 4.41. The standard InChI is InChI=1S/C23H23FN4O/c1-15(29)27-8-6-16(7-9-27)14-28-23-5-2-17(10-18(23)12-26-28)21-13-25-22-11-19(24)3-4-20(21)22/h2-5,10-13,16,25H,6-9,14H2,1H3. The summed E-state index contributed by atoms with van der Waals surface area (Å²) in [6, 6.07) is 11.2. The third kappa shape index (κ3) is 3.28. The summed E-state index contributed by atoms with van der Waals surface area (Å²) in [6.07, 6.45) is 5.88. The van der Waals surface area contributed by atoms with Crippen LogP contribution in [-0.2, 0) is 11.3 Å². The zero-order valence-corrected chi connectivity index (χ0v) is 16.4. The number of H-pyrrole nitrogens is 1. The molecule has 0 saturated carbocycles. The molecular formula is C23H23FN4O. The Balaban J connectivity index is 1.39. The number of hydrogen-bond acceptors (Lipinski definition) is 2. The van der Waals surface area contributed by atoms with Crippen LogP contribution >= 0.6 is 0 Å². The summed E-state index contributed by atoms with van der Waals surface area (Å²) in [5.41, 5.74) is 4.07. The van der Waals surface area contributed by atoms with Gasteiger partial charge in [0.05, 0.1) is 11.7 Å². The zero-order chi connectivity index (χ0) is 20.0. The number of fused-ring (bicyclic) bond motifs is 2. The van der Waals surface area contributed by atoms with Gasteiger partial charge in [-0.15, -0.1) is 0 Å². The molecule has 1 N–H and O–H groups in total. The average molecular weight is 390 g/mol. The summed E-state index contributed by atoms with van der Waals surface area (Å²) in [4.78, 5) is 16.6. The summed E-state index contributed by atoms with van der Waals surface area (Å²) in [6.45, 7) is 4.19. The van der Waals surface area contributed by atoms with E-state index in [9.17, 15) is 9.18 Å². The van der Waals surface area contributed by atoms with Crippen LogP contribution in [0.4, 0.5) is 4.39 Å². The summed E-state index contributed by atoms with van der Waals surface area (Å²) in [5.74, 6) is 0.467. The van der Waals surface area contributed by atoms with Crippen molar-refractivity contribution in [3.05, 3.63) is 54.6 Å². The van der Waals surface area contributed by atoms with Crippen molar-refractivity contribution in [1.82, 2.24) is 19.7 Å². The second-order valence-corrected chi connectivity index (χ2v) is 7.94. The van der Waals surface area contributed by atoms with Crippen LogP contribution in [-0.4, -0.2) is 38.7 Å². The van der Waals surface area contributed by atoms with E-state index in [1.165, 1.54) is 12.1 Å². The Labute approximate surface area is 168 Å². The Bertz CT molecular complexity index is 1200. The van der Waals surface area contributed by atoms with Gasteiger partial charge in [-0.05, 0) is 54.7 Å². The molecule has 2 aromatic carbocycles. The van der Waals surface area contributed by atoms with E-state index in [1.807, 2.05) is 23.4 Å². The van der Waals surface area contributed by atoms with E-state index in [0.717, 1.165) is 65.4 Å². The SMILES string of the molecule is CC(=O)N1CCC(Cn2ncc3cc(-c4c[nH]c5cc(F)ccc45)ccc32)CC1. The molecule has 0 bridgehead atoms. The fraction of sp³-hybridized carbons (Fsp3) is 0.304. The molecule has 2 aromatic heterocycles. The van der Waals surface area contributed by atoms with E-state index in [4.69, 9.17) is 0 Å². The molecule has 6 heteroatoms. The molecule has 148 valence electrons. The first-order valence-electron chi connectivity index (χ1n) is 10.1. The minimum Gasteiger partial charge on any atom is -0.360 e. The molecule has 1 aliphatic heterocycles. The number of rotatable bonds is 3. The van der Waals surface area contributed by atoms with Crippen LogP contribution in [0.2, 0.25) is 0 Å². The third-order valence-corrected chi connectivity index (χ3v) is 6.09. The van der Waals surface area contributed by atoms with Crippen molar-refractivity contribution in [2.24, 2.45) is 5.92 Å². The van der Waals surface area contributed by atoms with Gasteiger partial charge >= 0.3 is 0 Å². The average Bonchev–Trinajstić information content (AvgIpc) is 3.31. The van der Waals surface area contributed by atoms with Gasteiger partial charge < -0.3 is 9.88 Å². The molecule has 3 heterocycles. The molecule has 0 spiro atoms. The third-order valence-electron chi connectivity index (χ3n) is 6.09. The number of halogens is 1. The molecule has 0 radical (unpaired) electrons. The number of amides is 1. The van der Waals surface area contributed by atoms with Crippen LogP contribution in [0.15, 0.2) is 48.8 Å². The van der Waals surface area contributed by atoms with Crippen molar-refractivity contribution < 1.29 is 9.18 Å². The van der Waals surface area contributed by atoms with Gasteiger partial charge in [0.25, 0.3) is 0 Å². The molecule has 4 aromatic rings. The number of hydrogen-bond donors (Lipinski definition) is 1. The topological polar surface area (TPSA) is 53.9 Å². The van der Waals surface area contributed by atoms with E-state index in [0.29, 0.717) is 5.92 Å². The highest BCUT2D eigenvalue weighted by Gasteiger charge is 2.21. The second-order valence-electron chi connectivity index (χ2n) is 7.94. The van der Waals surface area contributed by atoms with Gasteiger partial charge in [0.2, 0.25) is 5.91 Å². The van der Waals surface area contributed by atoms with Gasteiger partial charge in [-0.3, -0.25) is 9.48 Å². The van der Waals surface area contributed by atoms with Crippen LogP contribution in [0.5, 0.6) is 0 Å². The second kappa shape index (κ2) is 7.03. The lowest BCUT2D eigenvalue weighted by molar-refractivity contribution is -0.130. The number of benzene rings is 2. The zero-order valence-electron chi connectivity index (χ0n) is 16.4. The Hall–Kier alpha value is -3.15. The minimum absolute atomic E-state index is 0.167. The maximum absolute atomic E-state index is 13.5. The maximum atomic E-state index is 13.5. The van der Waals surface area contributed by atoms with E-state index < -0.39 is 0 Å². The predicted molar refractivity (Wildman–Crippen MR) is 112 cm³/mol. The van der Waals surface area contributed by atoms with Crippen molar-refractivity contribution in [2.45, 2.75) is 26.3 Å². The molecule has 0 unspecified atom stereocenters. The molecule has 0 aliphatic carbocycles. The molecule has 1 amide bonds. The highest BCUT2D eigenvalue weighted by atomic mass is 19.1. The monoisotopic (exact) mass is 390 g/mol. The highest BCUT2D eigenvalue weighted by Crippen LogP contribution is 2.31. The van der Waals surface area contributed by atoms with E-state index in [2.05, 4.69) is 33.0 Å². The Kier molecular flexibility index (Phi) is 4.34. The molecule has 1 aliphatic rings. The lowest BCUT2D eigenvalue weighted by atomic mass is 9.96. The Morgan fingerprint density at radius 3 is 2.83 bits per heavy atom. The van der Waals surface area contributed by atoms with E-state index in [-0.39, 0.29) is 11.7 Å². The van der Waals surface area contributed by atoms with Gasteiger partial charge in [-0.1, -0.05) is 6.07 Å². The lowest BCUT2D eigenvalue weighted by Gasteiger charge is -2.31. The van der Waals surface area contributed by atoms with E-state index in [1.54, 1.807) is 6.92 Å². The predicted octanol–water partition coefficient (Wildman–Crippen LogP) is 4.58. The molecule has 29 heavy (non-hydrogen) atoms. The molecule has 1 fully saturated rings. The summed E-state index contributed by atoms with van der Waals surface area (Å²) in [7, 11) is 0. The van der Waals surface area contributed by atoms with Crippen LogP contribution in [0, 0.1) is 11.7 Å². The van der Waals surface area contributed by atoms with Crippen molar-refractivity contribution in [2.75, 3.05) is 13.1 Å². The Morgan fingerprint density at radius 1 is 1.21 bits per heavy atom. The molecular weight excluding hydrogens is 367 g/mol. The summed E-state index contributed by atoms with van der Waals surface area (Å²) >= 11 is 0. The number of aromatic nitrogens is 3. The van der Waals surface area contributed by atoms with Gasteiger partial charge in [0, 0.05) is 54.6 Å². The van der Waals surface area contributed by atoms with Gasteiger partial charge in [-0.2, -0.15) is 5.10 Å². The molecule has 5 nitrogen and oxygen atoms in total. The number of nitrogens with one attached hydrogen (secondary N) is 1. The lowest BCUT2D eigenvalue weighted by Crippen LogP contribution is -2.38. The van der Waals surface area contributed by atoms with Crippen LogP contribution in [0.25, 0.3) is 32.9 Å². The van der Waals surface area contributed by atoms with Gasteiger partial charge in [-0.25, -0.2) is 4.39 Å². The van der Waals surface area contributed by atoms with Gasteiger partial charge in [0.15, 0.2) is 0 Å². The number of likely N-dealkylation sites (tertiary alicyclic amines) is 1. The molecule has 1 saturated heterocycles. The van der Waals surface area contributed by atoms with Crippen molar-refractivity contribution in [1.29, 1.82) is 0 Å². The number of carbonyl (C=O) groups is 1. The molecule has 0 atom stereocenters. The minimum atomic E-state index is -0.239. The normalized spacial score (nSPS) is 15.4. The van der Waals surface area contributed by atoms with Crippen LogP contribution < -0.4 is 0 Å². The van der Waals surface area contributed by atoms with Crippen molar-refractivity contribution in [3.8, 4) is 11.1 Å². The van der Waals surface area contributed by atoms with Crippen LogP contribution in [0.3, 0.4) is 0 Å². The first-order valence-corrected chi connectivity index (χ1v) is 10.1. The quantitative estimate of drug-likeness (QED) is 0.557. The first kappa shape index (κ1) is 17.9. The number of aromatic amines is 1. The van der Waals surface area contributed by atoms with Crippen molar-refractivity contribution in [3.63, 3.8) is 0 Å². The maximum Gasteiger partial charge on any atom is 0.219 e. The smallest absolute Gasteiger partial charge is 0.219 e. The number of carbonyl (C=O) groups excluding carboxylic acids is 1. The van der Waals surface area contributed by atoms with Crippen LogP contribution in [0.1, 0.15) is 19.8 Å². The summed E-state index contributed by atoms with van der Waals surface area (Å²) < 4.78 is 15.5. The summed E-state index contributed by atoms with van der Waals surface area (Å²) in [5, 5.41) is 6.73. The largest absolute Gasteiger partial charge is 0.360 e. The highest BCUT2D eigenvalue weighted by molar-refractivity contribution is 5.97. The number of piperidine rings is 1. The van der Waals surface area contributed by atoms with Gasteiger partial charge in [0.1, 0.15) is 5.82 Å². The Morgan fingerprint density at radius 2 is 2.03 bits per heavy atom. The fourth-order valence-corrected chi connectivity index (χ4v) is 4.41. The molecule has 5 rings (SSSR count). The first-order chi connectivity index (χ1) is 14.1. The van der Waals surface area contributed by atoms with Crippen molar-refractivity contribution >= 4 is 27.7 Å². The number of nitrogens with zero attached hydrogens (tertiary/aromatic N) is 3.